The Morgan fingerprint density at radius 2 is 1.68 bits per heavy atom. The first-order chi connectivity index (χ1) is 14.8. The molecule has 1 aliphatic carbocycles. The van der Waals surface area contributed by atoms with E-state index in [1.54, 1.807) is 0 Å². The molecule has 5 rings (SSSR count). The SMILES string of the molecule is CC(=O)OC1(OC(C)=O)Cc2c(c(-c3ccccc3)c3c4c2CO[C@@H]4[C@@H](O)[C@H](C)O3)C1. The Bertz CT molecular complexity index is 1060. The summed E-state index contributed by atoms with van der Waals surface area (Å²) in [7, 11) is 0. The van der Waals surface area contributed by atoms with Crippen LogP contribution in [0.1, 0.15) is 49.1 Å². The first-order valence-corrected chi connectivity index (χ1v) is 10.4. The molecule has 2 heterocycles. The van der Waals surface area contributed by atoms with Crippen LogP contribution in [0.3, 0.4) is 0 Å². The minimum absolute atomic E-state index is 0.219. The molecule has 3 atom stereocenters. The Balaban J connectivity index is 1.76. The van der Waals surface area contributed by atoms with Crippen molar-refractivity contribution in [1.82, 2.24) is 0 Å². The molecule has 0 spiro atoms. The fourth-order valence-corrected chi connectivity index (χ4v) is 5.13. The number of carbonyl (C=O) groups excluding carboxylic acids is 2. The molecule has 0 aromatic heterocycles. The third kappa shape index (κ3) is 3.11. The molecule has 162 valence electrons. The maximum atomic E-state index is 11.9. The average molecular weight is 424 g/mol. The highest BCUT2D eigenvalue weighted by Gasteiger charge is 2.51. The largest absolute Gasteiger partial charge is 0.487 e. The maximum absolute atomic E-state index is 11.9. The number of aliphatic hydroxyl groups excluding tert-OH is 1. The molecule has 0 saturated heterocycles. The van der Waals surface area contributed by atoms with Gasteiger partial charge in [-0.15, -0.1) is 0 Å². The van der Waals surface area contributed by atoms with Gasteiger partial charge in [0.1, 0.15) is 24.1 Å². The number of ether oxygens (including phenoxy) is 4. The van der Waals surface area contributed by atoms with E-state index in [0.29, 0.717) is 12.4 Å². The first-order valence-electron chi connectivity index (χ1n) is 10.4. The van der Waals surface area contributed by atoms with Gasteiger partial charge >= 0.3 is 11.9 Å². The second-order valence-corrected chi connectivity index (χ2v) is 8.42. The summed E-state index contributed by atoms with van der Waals surface area (Å²) in [6, 6.07) is 9.79. The standard InChI is InChI=1S/C24H24O7/c1-12-21(27)23-20-18(11-28-23)16-9-24(30-13(2)25,31-14(3)26)10-17(16)19(22(20)29-12)15-7-5-4-6-8-15/h4-8,12,21,23,27H,9-11H2,1-3H3/t12-,21-,23-/m0/s1. The Hall–Kier alpha value is -2.90. The number of hydrogen-bond donors (Lipinski definition) is 1. The van der Waals surface area contributed by atoms with E-state index < -0.39 is 36.0 Å². The molecule has 0 amide bonds. The van der Waals surface area contributed by atoms with Gasteiger partial charge in [0.25, 0.3) is 5.79 Å². The van der Waals surface area contributed by atoms with Gasteiger partial charge in [-0.05, 0) is 29.2 Å². The lowest BCUT2D eigenvalue weighted by Gasteiger charge is -2.34. The molecule has 2 aliphatic heterocycles. The van der Waals surface area contributed by atoms with Crippen molar-refractivity contribution < 1.29 is 33.6 Å². The highest BCUT2D eigenvalue weighted by Crippen LogP contribution is 2.55. The lowest BCUT2D eigenvalue weighted by molar-refractivity contribution is -0.222. The van der Waals surface area contributed by atoms with Crippen LogP contribution >= 0.6 is 0 Å². The van der Waals surface area contributed by atoms with Crippen LogP contribution < -0.4 is 4.74 Å². The fourth-order valence-electron chi connectivity index (χ4n) is 5.13. The lowest BCUT2D eigenvalue weighted by atomic mass is 9.85. The minimum atomic E-state index is -1.41. The molecule has 7 heteroatoms. The second kappa shape index (κ2) is 7.07. The molecule has 0 fully saturated rings. The number of esters is 2. The van der Waals surface area contributed by atoms with E-state index in [1.807, 2.05) is 37.3 Å². The smallest absolute Gasteiger partial charge is 0.305 e. The number of rotatable bonds is 3. The zero-order chi connectivity index (χ0) is 21.9. The van der Waals surface area contributed by atoms with Gasteiger partial charge in [0.2, 0.25) is 0 Å². The third-order valence-electron chi connectivity index (χ3n) is 6.23. The zero-order valence-corrected chi connectivity index (χ0v) is 17.6. The van der Waals surface area contributed by atoms with Crippen molar-refractivity contribution in [3.63, 3.8) is 0 Å². The van der Waals surface area contributed by atoms with Crippen LogP contribution in [0.2, 0.25) is 0 Å². The molecule has 0 saturated carbocycles. The van der Waals surface area contributed by atoms with Crippen LogP contribution in [0.15, 0.2) is 30.3 Å². The van der Waals surface area contributed by atoms with E-state index in [-0.39, 0.29) is 12.8 Å². The number of carbonyl (C=O) groups is 2. The van der Waals surface area contributed by atoms with Gasteiger partial charge < -0.3 is 24.1 Å². The molecule has 0 bridgehead atoms. The van der Waals surface area contributed by atoms with Crippen LogP contribution in [-0.2, 0) is 43.2 Å². The predicted octanol–water partition coefficient (Wildman–Crippen LogP) is 2.99. The monoisotopic (exact) mass is 424 g/mol. The van der Waals surface area contributed by atoms with Crippen molar-refractivity contribution in [1.29, 1.82) is 0 Å². The number of fused-ring (bicyclic) bond motifs is 2. The molecule has 1 N–H and O–H groups in total. The van der Waals surface area contributed by atoms with Crippen molar-refractivity contribution in [2.45, 2.75) is 64.3 Å². The molecule has 7 nitrogen and oxygen atoms in total. The molecule has 0 radical (unpaired) electrons. The summed E-state index contributed by atoms with van der Waals surface area (Å²) in [5.74, 6) is -1.77. The molecular weight excluding hydrogens is 400 g/mol. The third-order valence-corrected chi connectivity index (χ3v) is 6.23. The average Bonchev–Trinajstić information content (AvgIpc) is 3.28. The van der Waals surface area contributed by atoms with Gasteiger partial charge in [0.05, 0.1) is 19.4 Å². The van der Waals surface area contributed by atoms with E-state index in [1.165, 1.54) is 13.8 Å². The topological polar surface area (TPSA) is 91.3 Å². The summed E-state index contributed by atoms with van der Waals surface area (Å²) in [6.45, 7) is 4.74. The molecule has 3 aliphatic rings. The fraction of sp³-hybridized carbons (Fsp3) is 0.417. The maximum Gasteiger partial charge on any atom is 0.305 e. The Morgan fingerprint density at radius 3 is 2.32 bits per heavy atom. The van der Waals surface area contributed by atoms with Gasteiger partial charge in [0.15, 0.2) is 0 Å². The Morgan fingerprint density at radius 1 is 1.03 bits per heavy atom. The van der Waals surface area contributed by atoms with Crippen LogP contribution in [-0.4, -0.2) is 35.0 Å². The highest BCUT2D eigenvalue weighted by atomic mass is 16.7. The Labute approximate surface area is 179 Å². The summed E-state index contributed by atoms with van der Waals surface area (Å²) < 4.78 is 23.4. The van der Waals surface area contributed by atoms with E-state index >= 15 is 0 Å². The van der Waals surface area contributed by atoms with Crippen molar-refractivity contribution in [2.24, 2.45) is 0 Å². The summed E-state index contributed by atoms with van der Waals surface area (Å²) in [5.41, 5.74) is 5.40. The van der Waals surface area contributed by atoms with Crippen molar-refractivity contribution in [3.05, 3.63) is 52.6 Å². The molecule has 0 unspecified atom stereocenters. The molecule has 2 aromatic rings. The number of aliphatic hydroxyl groups is 1. The quantitative estimate of drug-likeness (QED) is 0.598. The van der Waals surface area contributed by atoms with Crippen molar-refractivity contribution in [3.8, 4) is 16.9 Å². The summed E-state index contributed by atoms with van der Waals surface area (Å²) in [4.78, 5) is 23.8. The van der Waals surface area contributed by atoms with E-state index in [4.69, 9.17) is 18.9 Å². The first kappa shape index (κ1) is 20.0. The van der Waals surface area contributed by atoms with E-state index in [2.05, 4.69) is 0 Å². The van der Waals surface area contributed by atoms with Crippen LogP contribution in [0.4, 0.5) is 0 Å². The molecule has 31 heavy (non-hydrogen) atoms. The predicted molar refractivity (Wildman–Crippen MR) is 109 cm³/mol. The van der Waals surface area contributed by atoms with Crippen LogP contribution in [0.25, 0.3) is 11.1 Å². The van der Waals surface area contributed by atoms with Gasteiger partial charge in [-0.3, -0.25) is 9.59 Å². The number of hydrogen-bond acceptors (Lipinski definition) is 7. The lowest BCUT2D eigenvalue weighted by Crippen LogP contribution is -2.40. The number of benzene rings is 2. The van der Waals surface area contributed by atoms with Gasteiger partial charge in [-0.2, -0.15) is 0 Å². The Kier molecular flexibility index (Phi) is 4.57. The second-order valence-electron chi connectivity index (χ2n) is 8.42. The van der Waals surface area contributed by atoms with Crippen LogP contribution in [0, 0.1) is 0 Å². The molecular formula is C24H24O7. The normalized spacial score (nSPS) is 24.7. The van der Waals surface area contributed by atoms with Crippen molar-refractivity contribution >= 4 is 11.9 Å². The van der Waals surface area contributed by atoms with Gasteiger partial charge in [0, 0.05) is 25.0 Å². The summed E-state index contributed by atoms with van der Waals surface area (Å²) >= 11 is 0. The van der Waals surface area contributed by atoms with E-state index in [0.717, 1.165) is 33.4 Å². The highest BCUT2D eigenvalue weighted by molar-refractivity contribution is 5.81. The minimum Gasteiger partial charge on any atom is -0.487 e. The van der Waals surface area contributed by atoms with E-state index in [9.17, 15) is 14.7 Å². The van der Waals surface area contributed by atoms with Crippen molar-refractivity contribution in [2.75, 3.05) is 0 Å². The van der Waals surface area contributed by atoms with Gasteiger partial charge in [-0.25, -0.2) is 0 Å². The molecule has 2 aromatic carbocycles. The van der Waals surface area contributed by atoms with Gasteiger partial charge in [-0.1, -0.05) is 30.3 Å². The van der Waals surface area contributed by atoms with Crippen LogP contribution in [0.5, 0.6) is 5.75 Å². The zero-order valence-electron chi connectivity index (χ0n) is 17.6. The summed E-state index contributed by atoms with van der Waals surface area (Å²) in [6.07, 6.45) is -1.28. The summed E-state index contributed by atoms with van der Waals surface area (Å²) in [5, 5.41) is 10.7.